The fraction of sp³-hybridized carbons (Fsp3) is 0.154. The number of aromatic nitrogens is 3. The van der Waals surface area contributed by atoms with Gasteiger partial charge in [-0.05, 0) is 74.5 Å². The molecule has 1 atom stereocenters. The van der Waals surface area contributed by atoms with Crippen molar-refractivity contribution in [2.45, 2.75) is 25.1 Å². The van der Waals surface area contributed by atoms with Crippen LogP contribution in [0.25, 0.3) is 5.69 Å². The number of hydrogen-bond acceptors (Lipinski definition) is 6. The molecule has 0 saturated heterocycles. The molecule has 0 aliphatic carbocycles. The first-order chi connectivity index (χ1) is 16.9. The van der Waals surface area contributed by atoms with Crippen molar-refractivity contribution in [2.75, 3.05) is 11.1 Å². The molecule has 3 aromatic carbocycles. The van der Waals surface area contributed by atoms with Crippen LogP contribution in [-0.4, -0.2) is 32.2 Å². The summed E-state index contributed by atoms with van der Waals surface area (Å²) in [6.45, 7) is 3.33. The number of thioether (sulfide) groups is 1. The molecule has 1 amide bonds. The van der Waals surface area contributed by atoms with Gasteiger partial charge in [-0.15, -0.1) is 10.2 Å². The highest BCUT2D eigenvalue weighted by atomic mass is 32.2. The van der Waals surface area contributed by atoms with E-state index in [-0.39, 0.29) is 23.3 Å². The first-order valence-electron chi connectivity index (χ1n) is 10.9. The van der Waals surface area contributed by atoms with Crippen molar-refractivity contribution in [1.29, 1.82) is 0 Å². The Balaban J connectivity index is 1.50. The largest absolute Gasteiger partial charge is 0.483 e. The van der Waals surface area contributed by atoms with E-state index in [0.717, 1.165) is 5.69 Å². The Morgan fingerprint density at radius 2 is 1.69 bits per heavy atom. The number of carbonyl (C=O) groups excluding carboxylic acids is 2. The van der Waals surface area contributed by atoms with E-state index in [1.165, 1.54) is 30.8 Å². The Morgan fingerprint density at radius 1 is 1.00 bits per heavy atom. The fourth-order valence-corrected chi connectivity index (χ4v) is 4.10. The van der Waals surface area contributed by atoms with Crippen molar-refractivity contribution in [2.24, 2.45) is 0 Å². The quantitative estimate of drug-likeness (QED) is 0.247. The molecule has 0 aliphatic rings. The van der Waals surface area contributed by atoms with Gasteiger partial charge in [0.25, 0.3) is 0 Å². The standard InChI is InChI=1S/C26H23FN4O3S/c1-17(32)19-8-12-21(13-9-19)28-24(33)16-35-26-30-29-25(31(26)22-6-4-3-5-7-22)18(2)34-23-14-10-20(27)11-15-23/h3-15,18H,16H2,1-2H3,(H,28,33). The number of rotatable bonds is 9. The number of hydrogen-bond donors (Lipinski definition) is 1. The van der Waals surface area contributed by atoms with E-state index in [9.17, 15) is 14.0 Å². The van der Waals surface area contributed by atoms with Crippen LogP contribution in [0.5, 0.6) is 5.75 Å². The lowest BCUT2D eigenvalue weighted by Crippen LogP contribution is -2.15. The molecule has 0 spiro atoms. The lowest BCUT2D eigenvalue weighted by Gasteiger charge is -2.16. The summed E-state index contributed by atoms with van der Waals surface area (Å²) in [5, 5.41) is 12.0. The van der Waals surface area contributed by atoms with Gasteiger partial charge in [0.2, 0.25) is 5.91 Å². The topological polar surface area (TPSA) is 86.1 Å². The predicted octanol–water partition coefficient (Wildman–Crippen LogP) is 5.48. The third kappa shape index (κ3) is 6.13. The molecule has 0 saturated carbocycles. The van der Waals surface area contributed by atoms with Gasteiger partial charge in [0, 0.05) is 16.9 Å². The number of halogens is 1. The van der Waals surface area contributed by atoms with Crippen molar-refractivity contribution in [3.63, 3.8) is 0 Å². The lowest BCUT2D eigenvalue weighted by atomic mass is 10.1. The summed E-state index contributed by atoms with van der Waals surface area (Å²) in [4.78, 5) is 24.0. The number of anilines is 1. The maximum atomic E-state index is 13.2. The van der Waals surface area contributed by atoms with Gasteiger partial charge >= 0.3 is 0 Å². The van der Waals surface area contributed by atoms with E-state index in [1.54, 1.807) is 36.4 Å². The summed E-state index contributed by atoms with van der Waals surface area (Å²) in [6.07, 6.45) is -0.490. The highest BCUT2D eigenvalue weighted by molar-refractivity contribution is 7.99. The molecule has 4 aromatic rings. The number of nitrogens with zero attached hydrogens (tertiary/aromatic N) is 3. The van der Waals surface area contributed by atoms with Crippen LogP contribution in [0.4, 0.5) is 10.1 Å². The van der Waals surface area contributed by atoms with Gasteiger partial charge in [-0.2, -0.15) is 0 Å². The molecule has 1 aromatic heterocycles. The summed E-state index contributed by atoms with van der Waals surface area (Å²) in [5.74, 6) is 0.558. The molecular formula is C26H23FN4O3S. The van der Waals surface area contributed by atoms with Gasteiger partial charge < -0.3 is 10.1 Å². The predicted molar refractivity (Wildman–Crippen MR) is 133 cm³/mol. The van der Waals surface area contributed by atoms with Gasteiger partial charge in [0.1, 0.15) is 11.6 Å². The summed E-state index contributed by atoms with van der Waals surface area (Å²) < 4.78 is 21.0. The van der Waals surface area contributed by atoms with Crippen molar-refractivity contribution in [1.82, 2.24) is 14.8 Å². The van der Waals surface area contributed by atoms with Gasteiger partial charge in [-0.3, -0.25) is 14.2 Å². The van der Waals surface area contributed by atoms with E-state index in [1.807, 2.05) is 41.8 Å². The van der Waals surface area contributed by atoms with Gasteiger partial charge in [-0.1, -0.05) is 30.0 Å². The van der Waals surface area contributed by atoms with Crippen LogP contribution in [0.1, 0.15) is 36.1 Å². The molecule has 7 nitrogen and oxygen atoms in total. The van der Waals surface area contributed by atoms with E-state index in [2.05, 4.69) is 15.5 Å². The number of ether oxygens (including phenoxy) is 1. The SMILES string of the molecule is CC(=O)c1ccc(NC(=O)CSc2nnc(C(C)Oc3ccc(F)cc3)n2-c2ccccc2)cc1. The van der Waals surface area contributed by atoms with Crippen molar-refractivity contribution >= 4 is 29.1 Å². The summed E-state index contributed by atoms with van der Waals surface area (Å²) in [7, 11) is 0. The molecule has 35 heavy (non-hydrogen) atoms. The Morgan fingerprint density at radius 3 is 2.34 bits per heavy atom. The average molecular weight is 491 g/mol. The van der Waals surface area contributed by atoms with Crippen LogP contribution < -0.4 is 10.1 Å². The van der Waals surface area contributed by atoms with Crippen LogP contribution in [0, 0.1) is 5.82 Å². The number of amides is 1. The van der Waals surface area contributed by atoms with Crippen molar-refractivity contribution in [3.05, 3.63) is 96.1 Å². The van der Waals surface area contributed by atoms with Gasteiger partial charge in [0.15, 0.2) is 22.9 Å². The molecule has 9 heteroatoms. The second kappa shape index (κ2) is 11.0. The maximum Gasteiger partial charge on any atom is 0.234 e. The number of Topliss-reactive ketones (excluding diaryl/α,β-unsaturated/α-hetero) is 1. The third-order valence-electron chi connectivity index (χ3n) is 5.07. The van der Waals surface area contributed by atoms with E-state index in [4.69, 9.17) is 4.74 Å². The zero-order chi connectivity index (χ0) is 24.8. The first-order valence-corrected chi connectivity index (χ1v) is 11.9. The highest BCUT2D eigenvalue weighted by Crippen LogP contribution is 2.28. The molecule has 4 rings (SSSR count). The molecule has 0 bridgehead atoms. The second-order valence-corrected chi connectivity index (χ2v) is 8.64. The van der Waals surface area contributed by atoms with Crippen LogP contribution >= 0.6 is 11.8 Å². The van der Waals surface area contributed by atoms with Crippen molar-refractivity contribution in [3.8, 4) is 11.4 Å². The number of benzene rings is 3. The number of para-hydroxylation sites is 1. The normalized spacial score (nSPS) is 11.6. The van der Waals surface area contributed by atoms with E-state index >= 15 is 0 Å². The Labute approximate surface area is 206 Å². The van der Waals surface area contributed by atoms with Crippen LogP contribution in [0.2, 0.25) is 0 Å². The molecule has 0 fully saturated rings. The van der Waals surface area contributed by atoms with Crippen LogP contribution in [0.15, 0.2) is 84.0 Å². The first kappa shape index (κ1) is 24.2. The van der Waals surface area contributed by atoms with E-state index < -0.39 is 6.10 Å². The Hall–Kier alpha value is -3.98. The average Bonchev–Trinajstić information content (AvgIpc) is 3.29. The fourth-order valence-electron chi connectivity index (χ4n) is 3.34. The minimum Gasteiger partial charge on any atom is -0.483 e. The third-order valence-corrected chi connectivity index (χ3v) is 6.00. The maximum absolute atomic E-state index is 13.2. The minimum atomic E-state index is -0.490. The van der Waals surface area contributed by atoms with Crippen LogP contribution in [-0.2, 0) is 4.79 Å². The number of ketones is 1. The summed E-state index contributed by atoms with van der Waals surface area (Å²) >= 11 is 1.24. The number of carbonyl (C=O) groups is 2. The number of nitrogens with one attached hydrogen (secondary N) is 1. The van der Waals surface area contributed by atoms with E-state index in [0.29, 0.717) is 28.0 Å². The molecule has 0 aliphatic heterocycles. The molecule has 178 valence electrons. The smallest absolute Gasteiger partial charge is 0.234 e. The molecular weight excluding hydrogens is 467 g/mol. The summed E-state index contributed by atoms with van der Waals surface area (Å²) in [5.41, 5.74) is 2.01. The highest BCUT2D eigenvalue weighted by Gasteiger charge is 2.21. The lowest BCUT2D eigenvalue weighted by molar-refractivity contribution is -0.113. The molecule has 0 radical (unpaired) electrons. The zero-order valence-corrected chi connectivity index (χ0v) is 20.0. The Bertz CT molecular complexity index is 1310. The Kier molecular flexibility index (Phi) is 7.57. The second-order valence-electron chi connectivity index (χ2n) is 7.70. The van der Waals surface area contributed by atoms with Crippen molar-refractivity contribution < 1.29 is 18.7 Å². The summed E-state index contributed by atoms with van der Waals surface area (Å²) in [6, 6.07) is 22.0. The minimum absolute atomic E-state index is 0.0351. The van der Waals surface area contributed by atoms with Gasteiger partial charge in [0.05, 0.1) is 5.75 Å². The van der Waals surface area contributed by atoms with Gasteiger partial charge in [-0.25, -0.2) is 4.39 Å². The molecule has 1 N–H and O–H groups in total. The van der Waals surface area contributed by atoms with Crippen LogP contribution in [0.3, 0.4) is 0 Å². The molecule has 1 heterocycles. The molecule has 1 unspecified atom stereocenters. The monoisotopic (exact) mass is 490 g/mol. The zero-order valence-electron chi connectivity index (χ0n) is 19.1.